The van der Waals surface area contributed by atoms with Crippen LogP contribution in [0.4, 0.5) is 14.9 Å². The standard InChI is InChI=1S/C13H18FN3O3/c1-3-17(2)7-6-15-13(20)16-11-5-4-9(14)8-10(11)12(18)19/h4-5,8H,3,6-7H2,1-2H3,(H,18,19)(H2,15,16,20). The Kier molecular flexibility index (Phi) is 5.92. The maximum absolute atomic E-state index is 13.0. The van der Waals surface area contributed by atoms with Crippen molar-refractivity contribution in [2.24, 2.45) is 0 Å². The average molecular weight is 283 g/mol. The number of carbonyl (C=O) groups is 2. The fourth-order valence-corrected chi connectivity index (χ4v) is 1.49. The summed E-state index contributed by atoms with van der Waals surface area (Å²) in [5.41, 5.74) is -0.230. The summed E-state index contributed by atoms with van der Waals surface area (Å²) in [5.74, 6) is -1.97. The molecule has 0 unspecified atom stereocenters. The number of carboxylic acid groups (broad SMARTS) is 1. The van der Waals surface area contributed by atoms with Gasteiger partial charge in [0.1, 0.15) is 5.82 Å². The number of likely N-dealkylation sites (N-methyl/N-ethyl adjacent to an activating group) is 1. The molecule has 1 aromatic rings. The number of carbonyl (C=O) groups excluding carboxylic acids is 1. The summed E-state index contributed by atoms with van der Waals surface area (Å²) >= 11 is 0. The quantitative estimate of drug-likeness (QED) is 0.740. The van der Waals surface area contributed by atoms with Crippen LogP contribution in [-0.4, -0.2) is 48.7 Å². The van der Waals surface area contributed by atoms with E-state index < -0.39 is 17.8 Å². The number of carboxylic acids is 1. The van der Waals surface area contributed by atoms with Gasteiger partial charge in [-0.3, -0.25) is 0 Å². The molecule has 110 valence electrons. The Labute approximate surface area is 116 Å². The highest BCUT2D eigenvalue weighted by Gasteiger charge is 2.13. The first-order valence-corrected chi connectivity index (χ1v) is 6.20. The molecule has 0 saturated heterocycles. The van der Waals surface area contributed by atoms with Gasteiger partial charge in [0.25, 0.3) is 0 Å². The molecule has 1 aromatic carbocycles. The van der Waals surface area contributed by atoms with Crippen molar-refractivity contribution in [2.75, 3.05) is 32.0 Å². The number of rotatable bonds is 6. The number of hydrogen-bond donors (Lipinski definition) is 3. The van der Waals surface area contributed by atoms with Crippen molar-refractivity contribution in [3.05, 3.63) is 29.6 Å². The zero-order chi connectivity index (χ0) is 15.1. The smallest absolute Gasteiger partial charge is 0.337 e. The number of urea groups is 1. The normalized spacial score (nSPS) is 10.4. The summed E-state index contributed by atoms with van der Waals surface area (Å²) in [4.78, 5) is 24.6. The summed E-state index contributed by atoms with van der Waals surface area (Å²) in [6.45, 7) is 3.97. The van der Waals surface area contributed by atoms with Gasteiger partial charge in [-0.1, -0.05) is 6.92 Å². The SMILES string of the molecule is CCN(C)CCNC(=O)Nc1ccc(F)cc1C(=O)O. The van der Waals surface area contributed by atoms with Crippen molar-refractivity contribution >= 4 is 17.7 Å². The zero-order valence-electron chi connectivity index (χ0n) is 11.4. The van der Waals surface area contributed by atoms with Gasteiger partial charge in [0.15, 0.2) is 0 Å². The van der Waals surface area contributed by atoms with E-state index in [0.717, 1.165) is 18.7 Å². The number of halogens is 1. The monoisotopic (exact) mass is 283 g/mol. The number of nitrogens with one attached hydrogen (secondary N) is 2. The van der Waals surface area contributed by atoms with E-state index in [1.54, 1.807) is 0 Å². The molecule has 0 fully saturated rings. The van der Waals surface area contributed by atoms with Gasteiger partial charge in [-0.05, 0) is 31.8 Å². The van der Waals surface area contributed by atoms with Crippen LogP contribution in [0.2, 0.25) is 0 Å². The summed E-state index contributed by atoms with van der Waals surface area (Å²) in [5, 5.41) is 13.9. The molecule has 20 heavy (non-hydrogen) atoms. The summed E-state index contributed by atoms with van der Waals surface area (Å²) in [6.07, 6.45) is 0. The first-order chi connectivity index (χ1) is 9.43. The average Bonchev–Trinajstić information content (AvgIpc) is 2.40. The number of hydrogen-bond acceptors (Lipinski definition) is 3. The lowest BCUT2D eigenvalue weighted by Crippen LogP contribution is -2.35. The largest absolute Gasteiger partial charge is 0.478 e. The van der Waals surface area contributed by atoms with Gasteiger partial charge >= 0.3 is 12.0 Å². The van der Waals surface area contributed by atoms with Crippen LogP contribution in [0.5, 0.6) is 0 Å². The highest BCUT2D eigenvalue weighted by Crippen LogP contribution is 2.16. The van der Waals surface area contributed by atoms with Crippen LogP contribution >= 0.6 is 0 Å². The molecular weight excluding hydrogens is 265 g/mol. The molecule has 0 aliphatic heterocycles. The number of amides is 2. The fourth-order valence-electron chi connectivity index (χ4n) is 1.49. The molecule has 3 N–H and O–H groups in total. The van der Waals surface area contributed by atoms with Crippen molar-refractivity contribution in [3.63, 3.8) is 0 Å². The lowest BCUT2D eigenvalue weighted by Gasteiger charge is -2.14. The van der Waals surface area contributed by atoms with Crippen molar-refractivity contribution in [2.45, 2.75) is 6.92 Å². The second-order valence-corrected chi connectivity index (χ2v) is 4.27. The molecule has 6 nitrogen and oxygen atoms in total. The van der Waals surface area contributed by atoms with Crippen molar-refractivity contribution in [1.29, 1.82) is 0 Å². The minimum absolute atomic E-state index is 0.0558. The van der Waals surface area contributed by atoms with Gasteiger partial charge in [-0.15, -0.1) is 0 Å². The molecular formula is C13H18FN3O3. The fraction of sp³-hybridized carbons (Fsp3) is 0.385. The van der Waals surface area contributed by atoms with E-state index in [1.807, 2.05) is 18.9 Å². The highest BCUT2D eigenvalue weighted by atomic mass is 19.1. The van der Waals surface area contributed by atoms with Gasteiger partial charge in [-0.25, -0.2) is 14.0 Å². The third-order valence-electron chi connectivity index (χ3n) is 2.78. The molecule has 0 saturated carbocycles. The van der Waals surface area contributed by atoms with E-state index in [9.17, 15) is 14.0 Å². The van der Waals surface area contributed by atoms with Crippen molar-refractivity contribution in [1.82, 2.24) is 10.2 Å². The van der Waals surface area contributed by atoms with Crippen molar-refractivity contribution < 1.29 is 19.1 Å². The van der Waals surface area contributed by atoms with E-state index in [0.29, 0.717) is 13.1 Å². The van der Waals surface area contributed by atoms with Gasteiger partial charge in [0.2, 0.25) is 0 Å². The van der Waals surface area contributed by atoms with E-state index in [1.165, 1.54) is 6.07 Å². The van der Waals surface area contributed by atoms with Crippen LogP contribution in [0, 0.1) is 5.82 Å². The first kappa shape index (κ1) is 15.9. The zero-order valence-corrected chi connectivity index (χ0v) is 11.4. The maximum atomic E-state index is 13.0. The minimum Gasteiger partial charge on any atom is -0.478 e. The molecule has 0 bridgehead atoms. The van der Waals surface area contributed by atoms with Crippen LogP contribution in [-0.2, 0) is 0 Å². The van der Waals surface area contributed by atoms with Crippen LogP contribution < -0.4 is 10.6 Å². The lowest BCUT2D eigenvalue weighted by atomic mass is 10.2. The third kappa shape index (κ3) is 4.85. The number of nitrogens with zero attached hydrogens (tertiary/aromatic N) is 1. The van der Waals surface area contributed by atoms with Crippen LogP contribution in [0.3, 0.4) is 0 Å². The Balaban J connectivity index is 2.60. The summed E-state index contributed by atoms with van der Waals surface area (Å²) < 4.78 is 13.0. The van der Waals surface area contributed by atoms with Crippen LogP contribution in [0.15, 0.2) is 18.2 Å². The molecule has 0 heterocycles. The summed E-state index contributed by atoms with van der Waals surface area (Å²) in [6, 6.07) is 2.65. The molecule has 0 radical (unpaired) electrons. The number of benzene rings is 1. The van der Waals surface area contributed by atoms with Gasteiger partial charge in [0.05, 0.1) is 11.3 Å². The van der Waals surface area contributed by atoms with Crippen LogP contribution in [0.25, 0.3) is 0 Å². The predicted molar refractivity (Wildman–Crippen MR) is 73.6 cm³/mol. The Morgan fingerprint density at radius 2 is 2.10 bits per heavy atom. The number of anilines is 1. The molecule has 0 aliphatic carbocycles. The molecule has 7 heteroatoms. The molecule has 0 atom stereocenters. The molecule has 0 aromatic heterocycles. The van der Waals surface area contributed by atoms with Gasteiger partial charge in [-0.2, -0.15) is 0 Å². The minimum atomic E-state index is -1.30. The molecule has 2 amide bonds. The highest BCUT2D eigenvalue weighted by molar-refractivity contribution is 5.99. The van der Waals surface area contributed by atoms with E-state index in [4.69, 9.17) is 5.11 Å². The van der Waals surface area contributed by atoms with E-state index in [2.05, 4.69) is 10.6 Å². The first-order valence-electron chi connectivity index (χ1n) is 6.20. The number of aromatic carboxylic acids is 1. The second kappa shape index (κ2) is 7.44. The van der Waals surface area contributed by atoms with Gasteiger partial charge in [0, 0.05) is 13.1 Å². The summed E-state index contributed by atoms with van der Waals surface area (Å²) in [7, 11) is 1.92. The van der Waals surface area contributed by atoms with E-state index >= 15 is 0 Å². The second-order valence-electron chi connectivity index (χ2n) is 4.27. The third-order valence-corrected chi connectivity index (χ3v) is 2.78. The van der Waals surface area contributed by atoms with Crippen molar-refractivity contribution in [3.8, 4) is 0 Å². The van der Waals surface area contributed by atoms with Crippen LogP contribution in [0.1, 0.15) is 17.3 Å². The molecule has 1 rings (SSSR count). The Bertz CT molecular complexity index is 494. The Morgan fingerprint density at radius 3 is 2.70 bits per heavy atom. The van der Waals surface area contributed by atoms with E-state index in [-0.39, 0.29) is 11.3 Å². The Hall–Kier alpha value is -2.15. The Morgan fingerprint density at radius 1 is 1.40 bits per heavy atom. The predicted octanol–water partition coefficient (Wildman–Crippen LogP) is 1.60. The molecule has 0 aliphatic rings. The molecule has 0 spiro atoms. The van der Waals surface area contributed by atoms with Gasteiger partial charge < -0.3 is 20.6 Å². The lowest BCUT2D eigenvalue weighted by molar-refractivity contribution is 0.0697. The maximum Gasteiger partial charge on any atom is 0.337 e. The topological polar surface area (TPSA) is 81.7 Å².